The van der Waals surface area contributed by atoms with Crippen molar-refractivity contribution in [1.29, 1.82) is 0 Å². The van der Waals surface area contributed by atoms with Crippen LogP contribution in [0, 0.1) is 5.82 Å². The Morgan fingerprint density at radius 3 is 2.73 bits per heavy atom. The molecule has 7 nitrogen and oxygen atoms in total. The van der Waals surface area contributed by atoms with Gasteiger partial charge in [0.05, 0.1) is 6.21 Å². The van der Waals surface area contributed by atoms with Gasteiger partial charge in [0, 0.05) is 16.6 Å². The Hall–Kier alpha value is -3.07. The molecule has 0 atom stereocenters. The number of carbonyl (C=O) groups is 1. The molecule has 0 spiro atoms. The van der Waals surface area contributed by atoms with Crippen LogP contribution in [-0.4, -0.2) is 27.2 Å². The Balaban J connectivity index is 1.70. The van der Waals surface area contributed by atoms with E-state index in [0.717, 1.165) is 14.8 Å². The van der Waals surface area contributed by atoms with Crippen molar-refractivity contribution in [3.8, 4) is 0 Å². The van der Waals surface area contributed by atoms with Gasteiger partial charge in [0.25, 0.3) is 5.91 Å². The molecular formula is C17H13BrFN5O2. The summed E-state index contributed by atoms with van der Waals surface area (Å²) in [7, 11) is 0. The van der Waals surface area contributed by atoms with Crippen LogP contribution in [0.3, 0.4) is 0 Å². The minimum Gasteiger partial charge on any atom is -0.346 e. The second-order valence-electron chi connectivity index (χ2n) is 5.25. The Kier molecular flexibility index (Phi) is 5.37. The Bertz CT molecular complexity index is 1010. The van der Waals surface area contributed by atoms with Crippen molar-refractivity contribution in [3.05, 3.63) is 86.0 Å². The molecule has 3 aromatic rings. The van der Waals surface area contributed by atoms with E-state index in [0.29, 0.717) is 5.56 Å². The average Bonchev–Trinajstić information content (AvgIpc) is 3.01. The van der Waals surface area contributed by atoms with Crippen LogP contribution in [0.25, 0.3) is 0 Å². The first-order chi connectivity index (χ1) is 12.5. The van der Waals surface area contributed by atoms with Gasteiger partial charge in [-0.05, 0) is 23.8 Å². The van der Waals surface area contributed by atoms with E-state index in [9.17, 15) is 14.0 Å². The van der Waals surface area contributed by atoms with Crippen molar-refractivity contribution in [2.24, 2.45) is 5.10 Å². The molecule has 0 saturated heterocycles. The number of nitrogens with zero attached hydrogens (tertiary/aromatic N) is 3. The highest BCUT2D eigenvalue weighted by Gasteiger charge is 2.16. The molecule has 1 amide bonds. The third-order valence-electron chi connectivity index (χ3n) is 3.46. The lowest BCUT2D eigenvalue weighted by Crippen LogP contribution is -2.29. The highest BCUT2D eigenvalue weighted by atomic mass is 79.9. The summed E-state index contributed by atoms with van der Waals surface area (Å²) in [5, 5.41) is 12.4. The lowest BCUT2D eigenvalue weighted by molar-refractivity contribution is 0.0944. The first-order valence-electron chi connectivity index (χ1n) is 7.53. The van der Waals surface area contributed by atoms with Crippen LogP contribution in [-0.2, 0) is 6.54 Å². The predicted molar refractivity (Wildman–Crippen MR) is 97.6 cm³/mol. The van der Waals surface area contributed by atoms with Crippen LogP contribution in [0.1, 0.15) is 21.6 Å². The Morgan fingerprint density at radius 1 is 1.27 bits per heavy atom. The summed E-state index contributed by atoms with van der Waals surface area (Å²) < 4.78 is 14.5. The fourth-order valence-electron chi connectivity index (χ4n) is 2.09. The molecular weight excluding hydrogens is 405 g/mol. The van der Waals surface area contributed by atoms with Crippen molar-refractivity contribution in [3.63, 3.8) is 0 Å². The summed E-state index contributed by atoms with van der Waals surface area (Å²) in [5.74, 6) is -1.15. The number of nitrogens with one attached hydrogen (secondary N) is 2. The monoisotopic (exact) mass is 417 g/mol. The number of benzene rings is 2. The summed E-state index contributed by atoms with van der Waals surface area (Å²) >= 11 is 3.32. The van der Waals surface area contributed by atoms with E-state index >= 15 is 0 Å². The van der Waals surface area contributed by atoms with E-state index in [1.165, 1.54) is 12.3 Å². The lowest BCUT2D eigenvalue weighted by Gasteiger charge is -2.03. The maximum atomic E-state index is 13.6. The number of H-pyrrole nitrogens is 1. The number of rotatable bonds is 5. The van der Waals surface area contributed by atoms with Gasteiger partial charge in [0.2, 0.25) is 5.69 Å². The van der Waals surface area contributed by atoms with Gasteiger partial charge in [0.1, 0.15) is 5.82 Å². The number of aromatic nitrogens is 3. The lowest BCUT2D eigenvalue weighted by atomic mass is 10.2. The number of hydrogen-bond donors (Lipinski definition) is 2. The van der Waals surface area contributed by atoms with Gasteiger partial charge in [-0.2, -0.15) is 10.3 Å². The summed E-state index contributed by atoms with van der Waals surface area (Å²) in [5.41, 5.74) is 0.0175. The maximum Gasteiger partial charge on any atom is 0.320 e. The molecule has 132 valence electrons. The van der Waals surface area contributed by atoms with Crippen molar-refractivity contribution in [2.45, 2.75) is 6.54 Å². The number of carbonyl (C=O) groups excluding carboxylic acids is 1. The minimum atomic E-state index is -0.716. The molecule has 0 aliphatic rings. The van der Waals surface area contributed by atoms with Gasteiger partial charge in [0.15, 0.2) is 0 Å². The SMILES string of the molecule is O=C(NCc1ccccc1F)c1n[nH]n(N=Cc2ccc(Br)cc2)c1=O. The Morgan fingerprint density at radius 2 is 2.00 bits per heavy atom. The average molecular weight is 418 g/mol. The second kappa shape index (κ2) is 7.87. The smallest absolute Gasteiger partial charge is 0.320 e. The van der Waals surface area contributed by atoms with Gasteiger partial charge >= 0.3 is 5.56 Å². The van der Waals surface area contributed by atoms with E-state index in [-0.39, 0.29) is 12.2 Å². The first kappa shape index (κ1) is 17.7. The van der Waals surface area contributed by atoms with Crippen LogP contribution < -0.4 is 10.9 Å². The molecule has 2 aromatic carbocycles. The predicted octanol–water partition coefficient (Wildman–Crippen LogP) is 2.29. The van der Waals surface area contributed by atoms with Crippen LogP contribution in [0.4, 0.5) is 4.39 Å². The Labute approximate surface area is 155 Å². The number of halogens is 2. The number of aromatic amines is 1. The van der Waals surface area contributed by atoms with E-state index in [2.05, 4.69) is 36.7 Å². The zero-order chi connectivity index (χ0) is 18.5. The van der Waals surface area contributed by atoms with E-state index in [1.54, 1.807) is 30.3 Å². The zero-order valence-electron chi connectivity index (χ0n) is 13.3. The fraction of sp³-hybridized carbons (Fsp3) is 0.0588. The van der Waals surface area contributed by atoms with Crippen molar-refractivity contribution in [2.75, 3.05) is 0 Å². The number of amides is 1. The van der Waals surface area contributed by atoms with Gasteiger partial charge < -0.3 is 5.32 Å². The standard InChI is InChI=1S/C17H13BrFN5O2/c18-13-7-5-11(6-8-13)9-21-24-17(26)15(22-23-24)16(25)20-10-12-3-1-2-4-14(12)19/h1-9,23H,10H2,(H,20,25). The van der Waals surface area contributed by atoms with E-state index in [1.807, 2.05) is 12.1 Å². The molecule has 9 heteroatoms. The van der Waals surface area contributed by atoms with Crippen LogP contribution in [0.2, 0.25) is 0 Å². The van der Waals surface area contributed by atoms with Crippen molar-refractivity contribution < 1.29 is 9.18 Å². The summed E-state index contributed by atoms with van der Waals surface area (Å²) in [4.78, 5) is 25.1. The molecule has 0 fully saturated rings. The third-order valence-corrected chi connectivity index (χ3v) is 3.98. The highest BCUT2D eigenvalue weighted by molar-refractivity contribution is 9.10. The molecule has 0 aliphatic heterocycles. The zero-order valence-corrected chi connectivity index (χ0v) is 14.9. The summed E-state index contributed by atoms with van der Waals surface area (Å²) in [6, 6.07) is 13.3. The molecule has 1 aromatic heterocycles. The first-order valence-corrected chi connectivity index (χ1v) is 8.33. The molecule has 0 radical (unpaired) electrons. The maximum absolute atomic E-state index is 13.6. The van der Waals surface area contributed by atoms with Crippen LogP contribution in [0.15, 0.2) is 62.9 Å². The molecule has 2 N–H and O–H groups in total. The van der Waals surface area contributed by atoms with Gasteiger partial charge in [-0.3, -0.25) is 9.59 Å². The van der Waals surface area contributed by atoms with E-state index in [4.69, 9.17) is 0 Å². The van der Waals surface area contributed by atoms with Gasteiger partial charge in [-0.15, -0.1) is 9.89 Å². The van der Waals surface area contributed by atoms with Crippen LogP contribution >= 0.6 is 15.9 Å². The molecule has 0 bridgehead atoms. The van der Waals surface area contributed by atoms with Crippen molar-refractivity contribution in [1.82, 2.24) is 20.4 Å². The van der Waals surface area contributed by atoms with Crippen LogP contribution in [0.5, 0.6) is 0 Å². The van der Waals surface area contributed by atoms with Gasteiger partial charge in [-0.1, -0.05) is 46.3 Å². The quantitative estimate of drug-likeness (QED) is 0.623. The molecule has 3 rings (SSSR count). The van der Waals surface area contributed by atoms with Gasteiger partial charge in [-0.25, -0.2) is 4.39 Å². The molecule has 0 unspecified atom stereocenters. The minimum absolute atomic E-state index is 0.0556. The molecule has 26 heavy (non-hydrogen) atoms. The topological polar surface area (TPSA) is 92.1 Å². The largest absolute Gasteiger partial charge is 0.346 e. The fourth-order valence-corrected chi connectivity index (χ4v) is 2.36. The third kappa shape index (κ3) is 4.12. The summed E-state index contributed by atoms with van der Waals surface area (Å²) in [6.07, 6.45) is 1.45. The molecule has 0 aliphatic carbocycles. The number of hydrogen-bond acceptors (Lipinski definition) is 4. The molecule has 0 saturated carbocycles. The normalized spacial score (nSPS) is 11.0. The second-order valence-corrected chi connectivity index (χ2v) is 6.16. The summed E-state index contributed by atoms with van der Waals surface area (Å²) in [6.45, 7) is -0.0556. The highest BCUT2D eigenvalue weighted by Crippen LogP contribution is 2.09. The van der Waals surface area contributed by atoms with E-state index < -0.39 is 17.3 Å². The van der Waals surface area contributed by atoms with Crippen molar-refractivity contribution >= 4 is 28.1 Å². The molecule has 1 heterocycles.